The van der Waals surface area contributed by atoms with Gasteiger partial charge in [0, 0.05) is 24.8 Å². The monoisotopic (exact) mass is 318 g/mol. The first-order valence-electron chi connectivity index (χ1n) is 8.51. The van der Waals surface area contributed by atoms with Gasteiger partial charge in [-0.3, -0.25) is 4.79 Å². The molecule has 0 bridgehead atoms. The SMILES string of the molecule is COCc1ccccc1C(=O)NC[C@]1(N(C)C)CCC[C@H](C)C1. The Morgan fingerprint density at radius 2 is 2.13 bits per heavy atom. The number of hydrogen-bond acceptors (Lipinski definition) is 3. The zero-order valence-corrected chi connectivity index (χ0v) is 14.9. The van der Waals surface area contributed by atoms with Crippen molar-refractivity contribution in [2.24, 2.45) is 5.92 Å². The van der Waals surface area contributed by atoms with E-state index >= 15 is 0 Å². The lowest BCUT2D eigenvalue weighted by atomic mass is 9.75. The van der Waals surface area contributed by atoms with Crippen molar-refractivity contribution >= 4 is 5.91 Å². The second kappa shape index (κ2) is 7.93. The molecule has 1 aromatic rings. The van der Waals surface area contributed by atoms with Crippen LogP contribution in [0.1, 0.15) is 48.5 Å². The molecule has 0 spiro atoms. The summed E-state index contributed by atoms with van der Waals surface area (Å²) in [6.45, 7) is 3.47. The minimum absolute atomic E-state index is 0.00268. The average molecular weight is 318 g/mol. The van der Waals surface area contributed by atoms with Crippen molar-refractivity contribution in [2.45, 2.75) is 44.8 Å². The van der Waals surface area contributed by atoms with Crippen LogP contribution in [0.25, 0.3) is 0 Å². The highest BCUT2D eigenvalue weighted by Crippen LogP contribution is 2.35. The third-order valence-electron chi connectivity index (χ3n) is 5.16. The van der Waals surface area contributed by atoms with Crippen molar-refractivity contribution < 1.29 is 9.53 Å². The van der Waals surface area contributed by atoms with Gasteiger partial charge in [0.2, 0.25) is 0 Å². The highest BCUT2D eigenvalue weighted by molar-refractivity contribution is 5.95. The number of nitrogens with zero attached hydrogens (tertiary/aromatic N) is 1. The van der Waals surface area contributed by atoms with E-state index in [1.54, 1.807) is 7.11 Å². The molecule has 2 atom stereocenters. The fourth-order valence-corrected chi connectivity index (χ4v) is 3.72. The summed E-state index contributed by atoms with van der Waals surface area (Å²) in [4.78, 5) is 14.9. The Kier molecular flexibility index (Phi) is 6.19. The Bertz CT molecular complexity index is 530. The summed E-state index contributed by atoms with van der Waals surface area (Å²) in [5, 5.41) is 3.17. The summed E-state index contributed by atoms with van der Waals surface area (Å²) >= 11 is 0. The van der Waals surface area contributed by atoms with Crippen molar-refractivity contribution in [1.82, 2.24) is 10.2 Å². The molecule has 0 saturated heterocycles. The molecular weight excluding hydrogens is 288 g/mol. The molecule has 4 heteroatoms. The van der Waals surface area contributed by atoms with Gasteiger partial charge in [-0.25, -0.2) is 0 Å². The summed E-state index contributed by atoms with van der Waals surface area (Å²) in [5.41, 5.74) is 1.72. The van der Waals surface area contributed by atoms with E-state index in [1.165, 1.54) is 12.8 Å². The molecule has 0 aliphatic heterocycles. The van der Waals surface area contributed by atoms with E-state index in [2.05, 4.69) is 31.2 Å². The van der Waals surface area contributed by atoms with Crippen LogP contribution in [0.15, 0.2) is 24.3 Å². The largest absolute Gasteiger partial charge is 0.380 e. The Morgan fingerprint density at radius 1 is 1.39 bits per heavy atom. The van der Waals surface area contributed by atoms with Crippen LogP contribution in [-0.4, -0.2) is 44.1 Å². The van der Waals surface area contributed by atoms with Gasteiger partial charge in [0.1, 0.15) is 0 Å². The Labute approximate surface area is 140 Å². The van der Waals surface area contributed by atoms with Gasteiger partial charge in [-0.1, -0.05) is 38.0 Å². The van der Waals surface area contributed by atoms with Gasteiger partial charge in [-0.15, -0.1) is 0 Å². The smallest absolute Gasteiger partial charge is 0.251 e. The first-order valence-corrected chi connectivity index (χ1v) is 8.51. The lowest BCUT2D eigenvalue weighted by Crippen LogP contribution is -2.55. The van der Waals surface area contributed by atoms with Crippen LogP contribution in [0.2, 0.25) is 0 Å². The number of ether oxygens (including phenoxy) is 1. The average Bonchev–Trinajstić information content (AvgIpc) is 2.53. The summed E-state index contributed by atoms with van der Waals surface area (Å²) in [5.74, 6) is 0.709. The molecular formula is C19H30N2O2. The van der Waals surface area contributed by atoms with E-state index in [4.69, 9.17) is 4.74 Å². The van der Waals surface area contributed by atoms with Gasteiger partial charge in [0.15, 0.2) is 0 Å². The van der Waals surface area contributed by atoms with Crippen LogP contribution in [0.3, 0.4) is 0 Å². The number of hydrogen-bond donors (Lipinski definition) is 1. The van der Waals surface area contributed by atoms with Crippen LogP contribution < -0.4 is 5.32 Å². The van der Waals surface area contributed by atoms with Gasteiger partial charge in [0.05, 0.1) is 6.61 Å². The number of likely N-dealkylation sites (N-methyl/N-ethyl adjacent to an activating group) is 1. The Balaban J connectivity index is 2.08. The highest BCUT2D eigenvalue weighted by atomic mass is 16.5. The molecule has 2 rings (SSSR count). The van der Waals surface area contributed by atoms with Crippen LogP contribution in [-0.2, 0) is 11.3 Å². The molecule has 1 aliphatic rings. The first-order chi connectivity index (χ1) is 11.0. The molecule has 0 heterocycles. The van der Waals surface area contributed by atoms with Crippen molar-refractivity contribution in [3.05, 3.63) is 35.4 Å². The number of carbonyl (C=O) groups excluding carboxylic acids is 1. The molecule has 1 aliphatic carbocycles. The van der Waals surface area contributed by atoms with E-state index in [-0.39, 0.29) is 11.4 Å². The standard InChI is InChI=1S/C19H30N2O2/c1-15-8-7-11-19(12-15,21(2)3)14-20-18(22)17-10-6-5-9-16(17)13-23-4/h5-6,9-10,15H,7-8,11-14H2,1-4H3,(H,20,22)/t15-,19-/m0/s1. The predicted octanol–water partition coefficient (Wildman–Crippen LogP) is 3.07. The van der Waals surface area contributed by atoms with Gasteiger partial charge >= 0.3 is 0 Å². The number of nitrogens with one attached hydrogen (secondary N) is 1. The minimum atomic E-state index is -0.00268. The summed E-state index contributed by atoms with van der Waals surface area (Å²) in [6.07, 6.45) is 4.81. The van der Waals surface area contributed by atoms with Crippen LogP contribution in [0.4, 0.5) is 0 Å². The third-order valence-corrected chi connectivity index (χ3v) is 5.16. The van der Waals surface area contributed by atoms with E-state index in [1.807, 2.05) is 24.3 Å². The molecule has 1 N–H and O–H groups in total. The van der Waals surface area contributed by atoms with Gasteiger partial charge < -0.3 is 15.0 Å². The lowest BCUT2D eigenvalue weighted by Gasteiger charge is -2.45. The topological polar surface area (TPSA) is 41.6 Å². The Morgan fingerprint density at radius 3 is 2.78 bits per heavy atom. The number of methoxy groups -OCH3 is 1. The molecule has 1 amide bonds. The van der Waals surface area contributed by atoms with E-state index in [0.717, 1.165) is 18.4 Å². The van der Waals surface area contributed by atoms with Gasteiger partial charge in [0.25, 0.3) is 5.91 Å². The van der Waals surface area contributed by atoms with Gasteiger partial charge in [-0.2, -0.15) is 0 Å². The van der Waals surface area contributed by atoms with E-state index in [0.29, 0.717) is 24.6 Å². The normalized spacial score (nSPS) is 24.7. The molecule has 0 unspecified atom stereocenters. The number of carbonyl (C=O) groups is 1. The maximum atomic E-state index is 12.6. The zero-order valence-electron chi connectivity index (χ0n) is 14.9. The van der Waals surface area contributed by atoms with E-state index < -0.39 is 0 Å². The van der Waals surface area contributed by atoms with Crippen molar-refractivity contribution in [3.63, 3.8) is 0 Å². The summed E-state index contributed by atoms with van der Waals surface area (Å²) in [6, 6.07) is 7.66. The molecule has 4 nitrogen and oxygen atoms in total. The van der Waals surface area contributed by atoms with Crippen LogP contribution in [0.5, 0.6) is 0 Å². The highest BCUT2D eigenvalue weighted by Gasteiger charge is 2.37. The zero-order chi connectivity index (χ0) is 16.9. The maximum absolute atomic E-state index is 12.6. The molecule has 0 radical (unpaired) electrons. The van der Waals surface area contributed by atoms with Crippen molar-refractivity contribution in [2.75, 3.05) is 27.7 Å². The van der Waals surface area contributed by atoms with E-state index in [9.17, 15) is 4.79 Å². The fraction of sp³-hybridized carbons (Fsp3) is 0.632. The van der Waals surface area contributed by atoms with Gasteiger partial charge in [-0.05, 0) is 44.5 Å². The minimum Gasteiger partial charge on any atom is -0.380 e. The number of rotatable bonds is 6. The molecule has 1 aromatic carbocycles. The molecule has 1 saturated carbocycles. The predicted molar refractivity (Wildman–Crippen MR) is 93.5 cm³/mol. The second-order valence-electron chi connectivity index (χ2n) is 7.09. The second-order valence-corrected chi connectivity index (χ2v) is 7.09. The van der Waals surface area contributed by atoms with Crippen molar-refractivity contribution in [1.29, 1.82) is 0 Å². The van der Waals surface area contributed by atoms with Crippen LogP contribution >= 0.6 is 0 Å². The fourth-order valence-electron chi connectivity index (χ4n) is 3.72. The Hall–Kier alpha value is -1.39. The number of benzene rings is 1. The molecule has 1 fully saturated rings. The third kappa shape index (κ3) is 4.33. The summed E-state index contributed by atoms with van der Waals surface area (Å²) < 4.78 is 5.20. The van der Waals surface area contributed by atoms with Crippen molar-refractivity contribution in [3.8, 4) is 0 Å². The molecule has 0 aromatic heterocycles. The maximum Gasteiger partial charge on any atom is 0.251 e. The number of amides is 1. The summed E-state index contributed by atoms with van der Waals surface area (Å²) in [7, 11) is 5.91. The first kappa shape index (κ1) is 18.0. The lowest BCUT2D eigenvalue weighted by molar-refractivity contribution is 0.0673. The molecule has 23 heavy (non-hydrogen) atoms. The van der Waals surface area contributed by atoms with Crippen LogP contribution in [0, 0.1) is 5.92 Å². The molecule has 128 valence electrons. The quantitative estimate of drug-likeness (QED) is 0.876.